The molecule has 0 bridgehead atoms. The minimum atomic E-state index is 0.550. The van der Waals surface area contributed by atoms with E-state index in [1.54, 1.807) is 7.11 Å². The zero-order chi connectivity index (χ0) is 13.0. The summed E-state index contributed by atoms with van der Waals surface area (Å²) in [6.45, 7) is 3.41. The van der Waals surface area contributed by atoms with Gasteiger partial charge in [0.2, 0.25) is 0 Å². The maximum absolute atomic E-state index is 5.64. The summed E-state index contributed by atoms with van der Waals surface area (Å²) >= 11 is 0. The molecule has 96 valence electrons. The van der Waals surface area contributed by atoms with Crippen molar-refractivity contribution in [2.75, 3.05) is 7.11 Å². The molecule has 0 saturated heterocycles. The van der Waals surface area contributed by atoms with E-state index in [-0.39, 0.29) is 0 Å². The van der Waals surface area contributed by atoms with E-state index in [1.165, 1.54) is 5.56 Å². The average Bonchev–Trinajstić information content (AvgIpc) is 2.77. The lowest BCUT2D eigenvalue weighted by atomic mass is 10.1. The van der Waals surface area contributed by atoms with E-state index in [9.17, 15) is 0 Å². The van der Waals surface area contributed by atoms with Gasteiger partial charge >= 0.3 is 0 Å². The fourth-order valence-electron chi connectivity index (χ4n) is 1.91. The number of nitrogens with two attached hydrogens (primary N) is 1. The predicted octanol–water partition coefficient (Wildman–Crippen LogP) is 1.90. The third kappa shape index (κ3) is 2.90. The van der Waals surface area contributed by atoms with Gasteiger partial charge in [-0.3, -0.25) is 4.68 Å². The van der Waals surface area contributed by atoms with Crippen LogP contribution >= 0.6 is 0 Å². The smallest absolute Gasteiger partial charge is 0.118 e. The minimum absolute atomic E-state index is 0.550. The Morgan fingerprint density at radius 2 is 2.00 bits per heavy atom. The van der Waals surface area contributed by atoms with Gasteiger partial charge in [-0.15, -0.1) is 0 Å². The minimum Gasteiger partial charge on any atom is -0.497 e. The Labute approximate surface area is 107 Å². The van der Waals surface area contributed by atoms with Crippen molar-refractivity contribution >= 4 is 0 Å². The maximum atomic E-state index is 5.64. The van der Waals surface area contributed by atoms with Crippen molar-refractivity contribution in [2.24, 2.45) is 5.73 Å². The Kier molecular flexibility index (Phi) is 3.99. The first-order valence-electron chi connectivity index (χ1n) is 6.09. The Balaban J connectivity index is 1.97. The highest BCUT2D eigenvalue weighted by Crippen LogP contribution is 2.12. The maximum Gasteiger partial charge on any atom is 0.118 e. The summed E-state index contributed by atoms with van der Waals surface area (Å²) in [5, 5.41) is 4.44. The number of hydrogen-bond donors (Lipinski definition) is 1. The monoisotopic (exact) mass is 245 g/mol. The van der Waals surface area contributed by atoms with Crippen LogP contribution in [0.15, 0.2) is 30.5 Å². The zero-order valence-electron chi connectivity index (χ0n) is 10.9. The summed E-state index contributed by atoms with van der Waals surface area (Å²) in [5.74, 6) is 0.888. The van der Waals surface area contributed by atoms with Gasteiger partial charge < -0.3 is 10.5 Å². The molecule has 0 atom stereocenters. The molecule has 18 heavy (non-hydrogen) atoms. The number of aryl methyl sites for hydroxylation is 3. The molecule has 2 N–H and O–H groups in total. The highest BCUT2D eigenvalue weighted by atomic mass is 16.5. The van der Waals surface area contributed by atoms with Crippen LogP contribution in [0.3, 0.4) is 0 Å². The van der Waals surface area contributed by atoms with Gasteiger partial charge in [0.1, 0.15) is 5.75 Å². The average molecular weight is 245 g/mol. The summed E-state index contributed by atoms with van der Waals surface area (Å²) in [6, 6.07) is 8.13. The van der Waals surface area contributed by atoms with E-state index in [4.69, 9.17) is 10.5 Å². The van der Waals surface area contributed by atoms with E-state index >= 15 is 0 Å². The Morgan fingerprint density at radius 1 is 1.28 bits per heavy atom. The molecule has 0 fully saturated rings. The number of rotatable bonds is 5. The van der Waals surface area contributed by atoms with Crippen LogP contribution in [-0.4, -0.2) is 16.9 Å². The van der Waals surface area contributed by atoms with Crippen molar-refractivity contribution in [3.8, 4) is 5.75 Å². The van der Waals surface area contributed by atoms with Crippen molar-refractivity contribution in [3.63, 3.8) is 0 Å². The van der Waals surface area contributed by atoms with Crippen LogP contribution in [0, 0.1) is 6.92 Å². The van der Waals surface area contributed by atoms with Crippen molar-refractivity contribution in [1.82, 2.24) is 9.78 Å². The number of ether oxygens (including phenoxy) is 1. The fourth-order valence-corrected chi connectivity index (χ4v) is 1.91. The van der Waals surface area contributed by atoms with Gasteiger partial charge in [-0.1, -0.05) is 12.1 Å². The largest absolute Gasteiger partial charge is 0.497 e. The van der Waals surface area contributed by atoms with Crippen molar-refractivity contribution < 1.29 is 4.74 Å². The highest BCUT2D eigenvalue weighted by Gasteiger charge is 2.03. The third-order valence-electron chi connectivity index (χ3n) is 3.06. The molecule has 2 rings (SSSR count). The van der Waals surface area contributed by atoms with Gasteiger partial charge in [-0.05, 0) is 31.0 Å². The number of methoxy groups -OCH3 is 1. The van der Waals surface area contributed by atoms with E-state index in [0.717, 1.165) is 30.0 Å². The summed E-state index contributed by atoms with van der Waals surface area (Å²) in [5.41, 5.74) is 9.05. The second-order valence-corrected chi connectivity index (χ2v) is 4.31. The zero-order valence-corrected chi connectivity index (χ0v) is 10.9. The molecule has 4 nitrogen and oxygen atoms in total. The molecule has 2 aromatic rings. The molecule has 0 aliphatic rings. The van der Waals surface area contributed by atoms with Gasteiger partial charge in [0.05, 0.1) is 12.8 Å². The van der Waals surface area contributed by atoms with Crippen LogP contribution < -0.4 is 10.5 Å². The lowest BCUT2D eigenvalue weighted by Crippen LogP contribution is -2.02. The lowest BCUT2D eigenvalue weighted by Gasteiger charge is -2.04. The highest BCUT2D eigenvalue weighted by molar-refractivity contribution is 5.27. The Bertz CT molecular complexity index is 502. The number of nitrogens with zero attached hydrogens (tertiary/aromatic N) is 2. The molecule has 0 aliphatic heterocycles. The van der Waals surface area contributed by atoms with Crippen LogP contribution in [-0.2, 0) is 19.5 Å². The van der Waals surface area contributed by atoms with Crippen LogP contribution in [0.1, 0.15) is 16.8 Å². The predicted molar refractivity (Wildman–Crippen MR) is 71.6 cm³/mol. The summed E-state index contributed by atoms with van der Waals surface area (Å²) in [4.78, 5) is 0. The van der Waals surface area contributed by atoms with E-state index < -0.39 is 0 Å². The Hall–Kier alpha value is -1.81. The van der Waals surface area contributed by atoms with Crippen LogP contribution in [0.25, 0.3) is 0 Å². The van der Waals surface area contributed by atoms with Crippen LogP contribution in [0.2, 0.25) is 0 Å². The quantitative estimate of drug-likeness (QED) is 0.875. The van der Waals surface area contributed by atoms with Gasteiger partial charge in [0.15, 0.2) is 0 Å². The van der Waals surface area contributed by atoms with Gasteiger partial charge in [-0.2, -0.15) is 5.10 Å². The molecule has 0 saturated carbocycles. The normalized spacial score (nSPS) is 10.6. The number of hydrogen-bond acceptors (Lipinski definition) is 3. The van der Waals surface area contributed by atoms with Crippen molar-refractivity contribution in [3.05, 3.63) is 47.3 Å². The van der Waals surface area contributed by atoms with Gasteiger partial charge in [0.25, 0.3) is 0 Å². The molecule has 0 radical (unpaired) electrons. The van der Waals surface area contributed by atoms with E-state index in [0.29, 0.717) is 6.54 Å². The lowest BCUT2D eigenvalue weighted by molar-refractivity contribution is 0.414. The molecular weight excluding hydrogens is 226 g/mol. The first kappa shape index (κ1) is 12.6. The number of benzene rings is 1. The molecule has 0 unspecified atom stereocenters. The standard InChI is InChI=1S/C14H19N3O/c1-11-13(9-15)10-17(16-11)8-7-12-3-5-14(18-2)6-4-12/h3-6,10H,7-9,15H2,1-2H3. The molecule has 1 aromatic carbocycles. The molecule has 1 heterocycles. The van der Waals surface area contributed by atoms with Crippen LogP contribution in [0.5, 0.6) is 5.75 Å². The second kappa shape index (κ2) is 5.69. The Morgan fingerprint density at radius 3 is 2.56 bits per heavy atom. The van der Waals surface area contributed by atoms with Gasteiger partial charge in [0, 0.05) is 24.8 Å². The second-order valence-electron chi connectivity index (χ2n) is 4.31. The first-order valence-corrected chi connectivity index (χ1v) is 6.09. The van der Waals surface area contributed by atoms with Gasteiger partial charge in [-0.25, -0.2) is 0 Å². The molecule has 4 heteroatoms. The third-order valence-corrected chi connectivity index (χ3v) is 3.06. The van der Waals surface area contributed by atoms with Crippen molar-refractivity contribution in [1.29, 1.82) is 0 Å². The first-order chi connectivity index (χ1) is 8.72. The summed E-state index contributed by atoms with van der Waals surface area (Å²) in [7, 11) is 1.68. The molecular formula is C14H19N3O. The van der Waals surface area contributed by atoms with E-state index in [2.05, 4.69) is 17.2 Å². The van der Waals surface area contributed by atoms with E-state index in [1.807, 2.05) is 29.9 Å². The molecule has 0 spiro atoms. The number of aromatic nitrogens is 2. The molecule has 0 amide bonds. The van der Waals surface area contributed by atoms with Crippen LogP contribution in [0.4, 0.5) is 0 Å². The topological polar surface area (TPSA) is 53.1 Å². The fraction of sp³-hybridized carbons (Fsp3) is 0.357. The molecule has 1 aromatic heterocycles. The summed E-state index contributed by atoms with van der Waals surface area (Å²) < 4.78 is 7.09. The SMILES string of the molecule is COc1ccc(CCn2cc(CN)c(C)n2)cc1. The van der Waals surface area contributed by atoms with Crippen molar-refractivity contribution in [2.45, 2.75) is 26.4 Å². The molecule has 0 aliphatic carbocycles. The summed E-state index contributed by atoms with van der Waals surface area (Å²) in [6.07, 6.45) is 2.98.